The number of rotatable bonds is 4. The number of carbonyl (C=O) groups excluding carboxylic acids is 1. The molecule has 0 saturated heterocycles. The van der Waals surface area contributed by atoms with E-state index >= 15 is 0 Å². The molecule has 0 bridgehead atoms. The third kappa shape index (κ3) is 2.73. The standard InChI is InChI=1S/C18H15N5O3/c1-22-9-13(20-10-22)12-7-17(14-4-5-21-23(14)8-12)26-16-3-2-11(18(19)25)6-15(16)24/h2-10,24H,1H3,(H2,19,25). The molecule has 3 N–H and O–H groups in total. The van der Waals surface area contributed by atoms with Crippen LogP contribution in [0, 0.1) is 0 Å². The van der Waals surface area contributed by atoms with Crippen molar-refractivity contribution in [2.45, 2.75) is 0 Å². The average Bonchev–Trinajstić information content (AvgIpc) is 3.25. The van der Waals surface area contributed by atoms with Crippen molar-refractivity contribution in [1.29, 1.82) is 0 Å². The summed E-state index contributed by atoms with van der Waals surface area (Å²) >= 11 is 0. The number of benzene rings is 1. The lowest BCUT2D eigenvalue weighted by Crippen LogP contribution is -2.10. The van der Waals surface area contributed by atoms with Gasteiger partial charge in [0.1, 0.15) is 5.52 Å². The number of nitrogens with zero attached hydrogens (tertiary/aromatic N) is 4. The van der Waals surface area contributed by atoms with Crippen molar-refractivity contribution in [3.63, 3.8) is 0 Å². The molecular weight excluding hydrogens is 334 g/mol. The highest BCUT2D eigenvalue weighted by molar-refractivity contribution is 5.93. The first-order valence-corrected chi connectivity index (χ1v) is 7.77. The van der Waals surface area contributed by atoms with Crippen LogP contribution < -0.4 is 10.5 Å². The lowest BCUT2D eigenvalue weighted by molar-refractivity contribution is 0.1000. The second-order valence-corrected chi connectivity index (χ2v) is 5.83. The van der Waals surface area contributed by atoms with Gasteiger partial charge in [0.15, 0.2) is 17.2 Å². The lowest BCUT2D eigenvalue weighted by atomic mass is 10.2. The maximum atomic E-state index is 11.2. The summed E-state index contributed by atoms with van der Waals surface area (Å²) in [5.74, 6) is -0.103. The number of hydrogen-bond donors (Lipinski definition) is 2. The highest BCUT2D eigenvalue weighted by atomic mass is 16.5. The second kappa shape index (κ2) is 5.92. The van der Waals surface area contributed by atoms with Gasteiger partial charge in [0.25, 0.3) is 0 Å². The molecule has 0 radical (unpaired) electrons. The second-order valence-electron chi connectivity index (χ2n) is 5.83. The molecule has 0 aliphatic carbocycles. The van der Waals surface area contributed by atoms with Crippen molar-refractivity contribution < 1.29 is 14.6 Å². The van der Waals surface area contributed by atoms with Crippen LogP contribution in [0.25, 0.3) is 16.8 Å². The molecular formula is C18H15N5O3. The first-order chi connectivity index (χ1) is 12.5. The molecule has 0 fully saturated rings. The Bertz CT molecular complexity index is 1130. The molecule has 4 rings (SSSR count). The van der Waals surface area contributed by atoms with Crippen molar-refractivity contribution in [3.8, 4) is 28.5 Å². The van der Waals surface area contributed by atoms with Gasteiger partial charge in [-0.15, -0.1) is 0 Å². The molecule has 0 saturated carbocycles. The summed E-state index contributed by atoms with van der Waals surface area (Å²) in [7, 11) is 1.89. The van der Waals surface area contributed by atoms with Gasteiger partial charge in [0.2, 0.25) is 5.91 Å². The zero-order valence-corrected chi connectivity index (χ0v) is 13.8. The number of aromatic nitrogens is 4. The largest absolute Gasteiger partial charge is 0.504 e. The van der Waals surface area contributed by atoms with Crippen LogP contribution in [0.15, 0.2) is 55.2 Å². The Hall–Kier alpha value is -3.81. The quantitative estimate of drug-likeness (QED) is 0.588. The Labute approximate surface area is 148 Å². The summed E-state index contributed by atoms with van der Waals surface area (Å²) in [5, 5.41) is 14.4. The highest BCUT2D eigenvalue weighted by Crippen LogP contribution is 2.35. The van der Waals surface area contributed by atoms with Crippen LogP contribution in [0.5, 0.6) is 17.2 Å². The molecule has 0 spiro atoms. The number of pyridine rings is 1. The number of hydrogen-bond acceptors (Lipinski definition) is 5. The fourth-order valence-corrected chi connectivity index (χ4v) is 2.66. The molecule has 0 atom stereocenters. The summed E-state index contributed by atoms with van der Waals surface area (Å²) in [5.41, 5.74) is 7.72. The molecule has 8 nitrogen and oxygen atoms in total. The maximum absolute atomic E-state index is 11.2. The number of amides is 1. The first-order valence-electron chi connectivity index (χ1n) is 7.77. The van der Waals surface area contributed by atoms with E-state index in [-0.39, 0.29) is 17.1 Å². The Morgan fingerprint density at radius 1 is 1.19 bits per heavy atom. The Morgan fingerprint density at radius 2 is 2.04 bits per heavy atom. The van der Waals surface area contributed by atoms with Crippen LogP contribution in [-0.2, 0) is 7.05 Å². The number of aromatic hydroxyl groups is 1. The maximum Gasteiger partial charge on any atom is 0.248 e. The number of aryl methyl sites for hydroxylation is 1. The third-order valence-corrected chi connectivity index (χ3v) is 3.93. The number of nitrogens with two attached hydrogens (primary N) is 1. The van der Waals surface area contributed by atoms with Gasteiger partial charge >= 0.3 is 0 Å². The van der Waals surface area contributed by atoms with E-state index in [4.69, 9.17) is 10.5 Å². The molecule has 0 aliphatic rings. The van der Waals surface area contributed by atoms with E-state index in [1.165, 1.54) is 18.2 Å². The number of imidazole rings is 1. The Kier molecular flexibility index (Phi) is 3.58. The Balaban J connectivity index is 1.78. The van der Waals surface area contributed by atoms with Crippen LogP contribution in [0.3, 0.4) is 0 Å². The molecule has 130 valence electrons. The van der Waals surface area contributed by atoms with Gasteiger partial charge in [0.05, 0.1) is 18.2 Å². The molecule has 26 heavy (non-hydrogen) atoms. The van der Waals surface area contributed by atoms with Crippen LogP contribution in [0.1, 0.15) is 10.4 Å². The van der Waals surface area contributed by atoms with Crippen LogP contribution in [0.2, 0.25) is 0 Å². The van der Waals surface area contributed by atoms with Gasteiger partial charge in [0, 0.05) is 30.6 Å². The van der Waals surface area contributed by atoms with Crippen molar-refractivity contribution in [2.24, 2.45) is 12.8 Å². The van der Waals surface area contributed by atoms with E-state index in [0.717, 1.165) is 16.8 Å². The van der Waals surface area contributed by atoms with Crippen molar-refractivity contribution in [3.05, 3.63) is 60.8 Å². The van der Waals surface area contributed by atoms with Gasteiger partial charge < -0.3 is 20.1 Å². The number of fused-ring (bicyclic) bond motifs is 1. The number of primary amides is 1. The summed E-state index contributed by atoms with van der Waals surface area (Å²) in [6.07, 6.45) is 7.09. The minimum absolute atomic E-state index is 0.179. The zero-order chi connectivity index (χ0) is 18.3. The molecule has 0 unspecified atom stereocenters. The predicted octanol–water partition coefficient (Wildman–Crippen LogP) is 2.33. The minimum atomic E-state index is -0.623. The third-order valence-electron chi connectivity index (χ3n) is 3.93. The molecule has 0 aliphatic heterocycles. The summed E-state index contributed by atoms with van der Waals surface area (Å²) in [4.78, 5) is 15.6. The van der Waals surface area contributed by atoms with E-state index < -0.39 is 5.91 Å². The predicted molar refractivity (Wildman–Crippen MR) is 94.1 cm³/mol. The van der Waals surface area contributed by atoms with Crippen LogP contribution >= 0.6 is 0 Å². The van der Waals surface area contributed by atoms with Gasteiger partial charge in [-0.2, -0.15) is 5.10 Å². The molecule has 1 aromatic carbocycles. The molecule has 1 amide bonds. The fraction of sp³-hybridized carbons (Fsp3) is 0.0556. The summed E-state index contributed by atoms with van der Waals surface area (Å²) in [6, 6.07) is 7.88. The summed E-state index contributed by atoms with van der Waals surface area (Å²) in [6.45, 7) is 0. The van der Waals surface area contributed by atoms with Crippen LogP contribution in [-0.4, -0.2) is 30.2 Å². The van der Waals surface area contributed by atoms with Crippen molar-refractivity contribution >= 4 is 11.4 Å². The van der Waals surface area contributed by atoms with E-state index in [9.17, 15) is 9.90 Å². The number of phenolic OH excluding ortho intramolecular Hbond substituents is 1. The van der Waals surface area contributed by atoms with Crippen molar-refractivity contribution in [1.82, 2.24) is 19.2 Å². The number of carbonyl (C=O) groups is 1. The van der Waals surface area contributed by atoms with E-state index in [1.54, 1.807) is 23.1 Å². The molecule has 8 heteroatoms. The normalized spacial score (nSPS) is 11.0. The van der Waals surface area contributed by atoms with Gasteiger partial charge in [-0.1, -0.05) is 0 Å². The summed E-state index contributed by atoms with van der Waals surface area (Å²) < 4.78 is 9.41. The van der Waals surface area contributed by atoms with Crippen LogP contribution in [0.4, 0.5) is 0 Å². The minimum Gasteiger partial charge on any atom is -0.504 e. The molecule has 3 heterocycles. The van der Waals surface area contributed by atoms with Gasteiger partial charge in [-0.3, -0.25) is 4.79 Å². The van der Waals surface area contributed by atoms with E-state index in [0.29, 0.717) is 5.75 Å². The smallest absolute Gasteiger partial charge is 0.248 e. The van der Waals surface area contributed by atoms with Gasteiger partial charge in [-0.25, -0.2) is 9.50 Å². The Morgan fingerprint density at radius 3 is 2.73 bits per heavy atom. The van der Waals surface area contributed by atoms with E-state index in [2.05, 4.69) is 10.1 Å². The topological polar surface area (TPSA) is 108 Å². The lowest BCUT2D eigenvalue weighted by Gasteiger charge is -2.11. The van der Waals surface area contributed by atoms with Crippen molar-refractivity contribution in [2.75, 3.05) is 0 Å². The number of ether oxygens (including phenoxy) is 1. The monoisotopic (exact) mass is 349 g/mol. The zero-order valence-electron chi connectivity index (χ0n) is 13.8. The fourth-order valence-electron chi connectivity index (χ4n) is 2.66. The van der Waals surface area contributed by atoms with E-state index in [1.807, 2.05) is 30.1 Å². The van der Waals surface area contributed by atoms with Gasteiger partial charge in [-0.05, 0) is 30.3 Å². The molecule has 3 aromatic heterocycles. The number of phenols is 1. The highest BCUT2D eigenvalue weighted by Gasteiger charge is 2.13. The first kappa shape index (κ1) is 15.7. The SMILES string of the molecule is Cn1cnc(-c2cc(Oc3ccc(C(N)=O)cc3O)c3ccnn3c2)c1. The average molecular weight is 349 g/mol. The molecule has 4 aromatic rings.